The van der Waals surface area contributed by atoms with E-state index in [4.69, 9.17) is 11.6 Å². The smallest absolute Gasteiger partial charge is 0.196 e. The third kappa shape index (κ3) is 3.19. The number of carbonyl (C=O) groups is 1. The number of ketones is 1. The first-order valence-corrected chi connectivity index (χ1v) is 9.05. The Labute approximate surface area is 119 Å². The molecule has 1 aliphatic heterocycles. The second-order valence-corrected chi connectivity index (χ2v) is 7.49. The van der Waals surface area contributed by atoms with E-state index < -0.39 is 0 Å². The van der Waals surface area contributed by atoms with E-state index in [1.54, 1.807) is 11.3 Å². The van der Waals surface area contributed by atoms with E-state index in [1.165, 1.54) is 11.5 Å². The Morgan fingerprint density at radius 2 is 2.29 bits per heavy atom. The van der Waals surface area contributed by atoms with Crippen molar-refractivity contribution >= 4 is 52.2 Å². The Morgan fingerprint density at radius 1 is 1.53 bits per heavy atom. The molecule has 1 aromatic heterocycles. The lowest BCUT2D eigenvalue weighted by atomic mass is 10.2. The highest BCUT2D eigenvalue weighted by atomic mass is 35.5. The van der Waals surface area contributed by atoms with Crippen LogP contribution in [-0.2, 0) is 0 Å². The first-order valence-electron chi connectivity index (χ1n) is 5.54. The van der Waals surface area contributed by atoms with Crippen molar-refractivity contribution in [2.75, 3.05) is 17.4 Å². The van der Waals surface area contributed by atoms with E-state index in [-0.39, 0.29) is 11.7 Å². The molecule has 1 fully saturated rings. The normalized spacial score (nSPS) is 24.8. The van der Waals surface area contributed by atoms with Crippen molar-refractivity contribution in [3.8, 4) is 0 Å². The molecule has 0 aromatic carbocycles. The van der Waals surface area contributed by atoms with Crippen molar-refractivity contribution in [2.24, 2.45) is 0 Å². The highest BCUT2D eigenvalue weighted by Gasteiger charge is 2.29. The Hall–Kier alpha value is 0.290. The molecule has 2 heterocycles. The predicted octanol–water partition coefficient (Wildman–Crippen LogP) is 3.86. The van der Waals surface area contributed by atoms with Gasteiger partial charge in [0.1, 0.15) is 10.7 Å². The maximum Gasteiger partial charge on any atom is 0.196 e. The quantitative estimate of drug-likeness (QED) is 0.624. The van der Waals surface area contributed by atoms with Gasteiger partial charge in [-0.3, -0.25) is 4.79 Å². The lowest BCUT2D eigenvalue weighted by Crippen LogP contribution is -2.18. The van der Waals surface area contributed by atoms with Gasteiger partial charge in [0.25, 0.3) is 0 Å². The van der Waals surface area contributed by atoms with Gasteiger partial charge in [-0.25, -0.2) is 4.98 Å². The van der Waals surface area contributed by atoms with E-state index in [1.807, 2.05) is 28.9 Å². The van der Waals surface area contributed by atoms with E-state index in [9.17, 15) is 4.79 Å². The fourth-order valence-electron chi connectivity index (χ4n) is 1.75. The maximum atomic E-state index is 11.5. The summed E-state index contributed by atoms with van der Waals surface area (Å²) in [6.45, 7) is 2.22. The van der Waals surface area contributed by atoms with Gasteiger partial charge in [-0.2, -0.15) is 11.8 Å². The van der Waals surface area contributed by atoms with Gasteiger partial charge in [0.05, 0.1) is 11.1 Å². The minimum Gasteiger partial charge on any atom is -0.291 e. The van der Waals surface area contributed by atoms with Crippen LogP contribution in [0.25, 0.3) is 0 Å². The van der Waals surface area contributed by atoms with Gasteiger partial charge in [-0.15, -0.1) is 34.7 Å². The van der Waals surface area contributed by atoms with Gasteiger partial charge in [0.15, 0.2) is 5.78 Å². The Balaban J connectivity index is 2.15. The molecule has 1 aliphatic rings. The topological polar surface area (TPSA) is 30.0 Å². The number of alkyl halides is 1. The third-order valence-electron chi connectivity index (χ3n) is 2.63. The standard InChI is InChI=1S/C11H14ClNOS3/c1-2-9-10(16-4-3-15-9)11-13-7(6-17-11)8(14)5-12/h6,9-10H,2-5H2,1H3. The van der Waals surface area contributed by atoms with Crippen LogP contribution in [0.5, 0.6) is 0 Å². The molecule has 2 atom stereocenters. The van der Waals surface area contributed by atoms with Crippen molar-refractivity contribution in [1.82, 2.24) is 4.98 Å². The summed E-state index contributed by atoms with van der Waals surface area (Å²) in [7, 11) is 0. The number of Topliss-reactive ketones (excluding diaryl/α,β-unsaturated/α-hetero) is 1. The fourth-order valence-corrected chi connectivity index (χ4v) is 6.15. The highest BCUT2D eigenvalue weighted by molar-refractivity contribution is 8.06. The zero-order valence-electron chi connectivity index (χ0n) is 9.52. The van der Waals surface area contributed by atoms with E-state index in [0.29, 0.717) is 16.2 Å². The lowest BCUT2D eigenvalue weighted by Gasteiger charge is -2.28. The van der Waals surface area contributed by atoms with Crippen LogP contribution in [0.3, 0.4) is 0 Å². The molecular formula is C11H14ClNOS3. The van der Waals surface area contributed by atoms with Gasteiger partial charge in [-0.05, 0) is 6.42 Å². The number of rotatable bonds is 4. The highest BCUT2D eigenvalue weighted by Crippen LogP contribution is 2.44. The van der Waals surface area contributed by atoms with Gasteiger partial charge < -0.3 is 0 Å². The van der Waals surface area contributed by atoms with Crippen molar-refractivity contribution in [1.29, 1.82) is 0 Å². The minimum absolute atomic E-state index is 0.0208. The summed E-state index contributed by atoms with van der Waals surface area (Å²) in [5.74, 6) is 2.34. The molecule has 0 bridgehead atoms. The van der Waals surface area contributed by atoms with Crippen LogP contribution in [0.2, 0.25) is 0 Å². The van der Waals surface area contributed by atoms with Crippen LogP contribution in [-0.4, -0.2) is 33.4 Å². The first-order chi connectivity index (χ1) is 8.26. The SMILES string of the molecule is CCC1SCCSC1c1nc(C(=O)CCl)cs1. The number of thiazole rings is 1. The molecule has 2 unspecified atom stereocenters. The number of hydrogen-bond acceptors (Lipinski definition) is 5. The molecule has 1 saturated heterocycles. The number of halogens is 1. The number of hydrogen-bond donors (Lipinski definition) is 0. The average molecular weight is 308 g/mol. The lowest BCUT2D eigenvalue weighted by molar-refractivity contribution is 0.101. The molecule has 1 aromatic rings. The molecule has 0 aliphatic carbocycles. The van der Waals surface area contributed by atoms with Gasteiger partial charge in [0.2, 0.25) is 0 Å². The van der Waals surface area contributed by atoms with E-state index in [0.717, 1.165) is 11.4 Å². The van der Waals surface area contributed by atoms with Gasteiger partial charge in [0, 0.05) is 22.1 Å². The Morgan fingerprint density at radius 3 is 3.00 bits per heavy atom. The summed E-state index contributed by atoms with van der Waals surface area (Å²) in [5.41, 5.74) is 0.533. The summed E-state index contributed by atoms with van der Waals surface area (Å²) < 4.78 is 0. The molecule has 0 spiro atoms. The summed E-state index contributed by atoms with van der Waals surface area (Å²) in [6, 6.07) is 0. The van der Waals surface area contributed by atoms with Crippen molar-refractivity contribution in [3.05, 3.63) is 16.1 Å². The minimum atomic E-state index is -0.0734. The molecule has 2 nitrogen and oxygen atoms in total. The van der Waals surface area contributed by atoms with E-state index >= 15 is 0 Å². The predicted molar refractivity (Wildman–Crippen MR) is 78.9 cm³/mol. The van der Waals surface area contributed by atoms with Crippen LogP contribution < -0.4 is 0 Å². The van der Waals surface area contributed by atoms with Crippen molar-refractivity contribution in [2.45, 2.75) is 23.8 Å². The van der Waals surface area contributed by atoms with Gasteiger partial charge >= 0.3 is 0 Å². The summed E-state index contributed by atoms with van der Waals surface area (Å²) >= 11 is 11.1. The van der Waals surface area contributed by atoms with Gasteiger partial charge in [-0.1, -0.05) is 6.92 Å². The summed E-state index contributed by atoms with van der Waals surface area (Å²) in [6.07, 6.45) is 1.15. The largest absolute Gasteiger partial charge is 0.291 e. The molecule has 2 rings (SSSR count). The molecule has 6 heteroatoms. The Kier molecular flexibility index (Phi) is 5.21. The second kappa shape index (κ2) is 6.45. The molecular weight excluding hydrogens is 294 g/mol. The molecule has 0 radical (unpaired) electrons. The van der Waals surface area contributed by atoms with Crippen LogP contribution in [0.1, 0.15) is 34.1 Å². The number of aromatic nitrogens is 1. The number of thioether (sulfide) groups is 2. The summed E-state index contributed by atoms with van der Waals surface area (Å²) in [5, 5.41) is 3.99. The Bertz CT molecular complexity index is 396. The molecule has 0 amide bonds. The first kappa shape index (κ1) is 13.7. The fraction of sp³-hybridized carbons (Fsp3) is 0.636. The van der Waals surface area contributed by atoms with Crippen LogP contribution in [0.15, 0.2) is 5.38 Å². The number of nitrogens with zero attached hydrogens (tertiary/aromatic N) is 1. The average Bonchev–Trinajstić information content (AvgIpc) is 2.87. The molecule has 0 N–H and O–H groups in total. The molecule has 94 valence electrons. The second-order valence-electron chi connectivity index (χ2n) is 3.74. The number of carbonyl (C=O) groups excluding carboxylic acids is 1. The monoisotopic (exact) mass is 307 g/mol. The van der Waals surface area contributed by atoms with Crippen molar-refractivity contribution < 1.29 is 4.79 Å². The molecule has 17 heavy (non-hydrogen) atoms. The summed E-state index contributed by atoms with van der Waals surface area (Å²) in [4.78, 5) is 15.9. The van der Waals surface area contributed by atoms with Crippen molar-refractivity contribution in [3.63, 3.8) is 0 Å². The van der Waals surface area contributed by atoms with Crippen LogP contribution in [0, 0.1) is 0 Å². The van der Waals surface area contributed by atoms with Crippen LogP contribution in [0.4, 0.5) is 0 Å². The maximum absolute atomic E-state index is 11.5. The zero-order chi connectivity index (χ0) is 12.3. The van der Waals surface area contributed by atoms with Crippen LogP contribution >= 0.6 is 46.5 Å². The molecule has 0 saturated carbocycles. The van der Waals surface area contributed by atoms with E-state index in [2.05, 4.69) is 11.9 Å². The third-order valence-corrected chi connectivity index (χ3v) is 7.20. The zero-order valence-corrected chi connectivity index (χ0v) is 12.7.